The van der Waals surface area contributed by atoms with E-state index in [1.165, 1.54) is 6.07 Å². The van der Waals surface area contributed by atoms with Crippen LogP contribution in [0, 0.1) is 19.7 Å². The average molecular weight is 343 g/mol. The number of para-hydroxylation sites is 1. The standard InChI is InChI=1S/C20H26FN3O/c1-15-4-3-5-16(2)20(15)23-17-6-7-19(18(21)14-17)25-13-12-24-10-8-22-9-11-24/h3-7,14,22-23H,8-13H2,1-2H3. The van der Waals surface area contributed by atoms with Gasteiger partial charge in [-0.25, -0.2) is 4.39 Å². The molecule has 0 saturated carbocycles. The van der Waals surface area contributed by atoms with Gasteiger partial charge in [-0.3, -0.25) is 4.90 Å². The van der Waals surface area contributed by atoms with E-state index in [1.54, 1.807) is 6.07 Å². The van der Waals surface area contributed by atoms with Gasteiger partial charge in [-0.1, -0.05) is 18.2 Å². The second-order valence-electron chi connectivity index (χ2n) is 6.48. The molecule has 3 rings (SSSR count). The van der Waals surface area contributed by atoms with E-state index < -0.39 is 0 Å². The molecular weight excluding hydrogens is 317 g/mol. The topological polar surface area (TPSA) is 36.5 Å². The van der Waals surface area contributed by atoms with Gasteiger partial charge >= 0.3 is 0 Å². The van der Waals surface area contributed by atoms with Gasteiger partial charge < -0.3 is 15.4 Å². The molecule has 1 fully saturated rings. The van der Waals surface area contributed by atoms with Gasteiger partial charge in [-0.05, 0) is 37.1 Å². The van der Waals surface area contributed by atoms with Crippen molar-refractivity contribution in [2.45, 2.75) is 13.8 Å². The Balaban J connectivity index is 1.58. The summed E-state index contributed by atoms with van der Waals surface area (Å²) in [4.78, 5) is 2.32. The number of rotatable bonds is 6. The minimum absolute atomic E-state index is 0.308. The van der Waals surface area contributed by atoms with E-state index in [0.29, 0.717) is 12.4 Å². The fourth-order valence-electron chi connectivity index (χ4n) is 3.07. The Morgan fingerprint density at radius 2 is 1.84 bits per heavy atom. The molecule has 1 aliphatic heterocycles. The van der Waals surface area contributed by atoms with Crippen LogP contribution < -0.4 is 15.4 Å². The number of nitrogens with zero attached hydrogens (tertiary/aromatic N) is 1. The molecule has 0 bridgehead atoms. The zero-order valence-electron chi connectivity index (χ0n) is 14.9. The number of benzene rings is 2. The van der Waals surface area contributed by atoms with Gasteiger partial charge in [0, 0.05) is 50.2 Å². The quantitative estimate of drug-likeness (QED) is 0.842. The van der Waals surface area contributed by atoms with Crippen LogP contribution in [0.3, 0.4) is 0 Å². The zero-order chi connectivity index (χ0) is 17.6. The van der Waals surface area contributed by atoms with E-state index in [9.17, 15) is 4.39 Å². The highest BCUT2D eigenvalue weighted by Gasteiger charge is 2.11. The summed E-state index contributed by atoms with van der Waals surface area (Å²) in [6.45, 7) is 9.46. The third-order valence-corrected chi connectivity index (χ3v) is 4.56. The molecule has 1 heterocycles. The molecule has 2 aromatic rings. The Labute approximate surface area is 149 Å². The van der Waals surface area contributed by atoms with Gasteiger partial charge in [-0.15, -0.1) is 0 Å². The highest BCUT2D eigenvalue weighted by molar-refractivity contribution is 5.66. The lowest BCUT2D eigenvalue weighted by Crippen LogP contribution is -2.44. The fourth-order valence-corrected chi connectivity index (χ4v) is 3.07. The minimum atomic E-state index is -0.337. The molecule has 0 aliphatic carbocycles. The smallest absolute Gasteiger partial charge is 0.167 e. The van der Waals surface area contributed by atoms with Crippen LogP contribution in [0.4, 0.5) is 15.8 Å². The molecule has 134 valence electrons. The van der Waals surface area contributed by atoms with Crippen LogP contribution in [0.15, 0.2) is 36.4 Å². The first-order chi connectivity index (χ1) is 12.1. The van der Waals surface area contributed by atoms with E-state index in [1.807, 2.05) is 38.1 Å². The first kappa shape index (κ1) is 17.7. The van der Waals surface area contributed by atoms with Crippen LogP contribution in [-0.2, 0) is 0 Å². The van der Waals surface area contributed by atoms with Crippen molar-refractivity contribution in [1.82, 2.24) is 10.2 Å². The highest BCUT2D eigenvalue weighted by Crippen LogP contribution is 2.27. The minimum Gasteiger partial charge on any atom is -0.489 e. The number of hydrogen-bond donors (Lipinski definition) is 2. The third-order valence-electron chi connectivity index (χ3n) is 4.56. The SMILES string of the molecule is Cc1cccc(C)c1Nc1ccc(OCCN2CCNCC2)c(F)c1. The van der Waals surface area contributed by atoms with E-state index >= 15 is 0 Å². The van der Waals surface area contributed by atoms with Crippen molar-refractivity contribution in [1.29, 1.82) is 0 Å². The summed E-state index contributed by atoms with van der Waals surface area (Å²) in [6, 6.07) is 11.1. The average Bonchev–Trinajstić information content (AvgIpc) is 2.61. The molecule has 4 nitrogen and oxygen atoms in total. The molecule has 2 N–H and O–H groups in total. The van der Waals surface area contributed by atoms with Crippen LogP contribution in [-0.4, -0.2) is 44.2 Å². The van der Waals surface area contributed by atoms with Gasteiger partial charge in [-0.2, -0.15) is 0 Å². The van der Waals surface area contributed by atoms with Crippen LogP contribution in [0.2, 0.25) is 0 Å². The number of aryl methyl sites for hydroxylation is 2. The lowest BCUT2D eigenvalue weighted by molar-refractivity contribution is 0.188. The number of nitrogens with one attached hydrogen (secondary N) is 2. The van der Waals surface area contributed by atoms with Crippen molar-refractivity contribution in [3.05, 3.63) is 53.3 Å². The van der Waals surface area contributed by atoms with E-state index in [2.05, 4.69) is 15.5 Å². The Morgan fingerprint density at radius 3 is 2.52 bits per heavy atom. The molecule has 0 radical (unpaired) electrons. The van der Waals surface area contributed by atoms with Crippen LogP contribution in [0.1, 0.15) is 11.1 Å². The second kappa shape index (κ2) is 8.32. The van der Waals surface area contributed by atoms with Gasteiger partial charge in [0.2, 0.25) is 0 Å². The molecule has 1 saturated heterocycles. The van der Waals surface area contributed by atoms with Crippen molar-refractivity contribution in [3.8, 4) is 5.75 Å². The van der Waals surface area contributed by atoms with E-state index in [0.717, 1.165) is 55.2 Å². The summed E-state index contributed by atoms with van der Waals surface area (Å²) in [6.07, 6.45) is 0. The summed E-state index contributed by atoms with van der Waals surface area (Å²) in [5, 5.41) is 6.62. The number of piperazine rings is 1. The first-order valence-electron chi connectivity index (χ1n) is 8.82. The molecule has 25 heavy (non-hydrogen) atoms. The van der Waals surface area contributed by atoms with Crippen molar-refractivity contribution in [2.24, 2.45) is 0 Å². The van der Waals surface area contributed by atoms with Crippen molar-refractivity contribution in [3.63, 3.8) is 0 Å². The lowest BCUT2D eigenvalue weighted by Gasteiger charge is -2.26. The zero-order valence-corrected chi connectivity index (χ0v) is 14.9. The summed E-state index contributed by atoms with van der Waals surface area (Å²) in [5.74, 6) is -0.0289. The summed E-state index contributed by atoms with van der Waals surface area (Å²) >= 11 is 0. The molecule has 2 aromatic carbocycles. The van der Waals surface area contributed by atoms with Crippen LogP contribution in [0.25, 0.3) is 0 Å². The number of hydrogen-bond acceptors (Lipinski definition) is 4. The van der Waals surface area contributed by atoms with Gasteiger partial charge in [0.15, 0.2) is 11.6 Å². The molecule has 0 atom stereocenters. The Morgan fingerprint density at radius 1 is 1.12 bits per heavy atom. The molecule has 0 amide bonds. The summed E-state index contributed by atoms with van der Waals surface area (Å²) in [7, 11) is 0. The van der Waals surface area contributed by atoms with Crippen molar-refractivity contribution in [2.75, 3.05) is 44.6 Å². The van der Waals surface area contributed by atoms with Gasteiger partial charge in [0.25, 0.3) is 0 Å². The Kier molecular flexibility index (Phi) is 5.89. The largest absolute Gasteiger partial charge is 0.489 e. The first-order valence-corrected chi connectivity index (χ1v) is 8.82. The second-order valence-corrected chi connectivity index (χ2v) is 6.48. The van der Waals surface area contributed by atoms with Gasteiger partial charge in [0.05, 0.1) is 0 Å². The molecule has 0 unspecified atom stereocenters. The molecular formula is C20H26FN3O. The molecule has 0 aromatic heterocycles. The number of anilines is 2. The normalized spacial score (nSPS) is 15.2. The predicted octanol–water partition coefficient (Wildman–Crippen LogP) is 3.47. The number of ether oxygens (including phenoxy) is 1. The molecule has 5 heteroatoms. The van der Waals surface area contributed by atoms with E-state index in [-0.39, 0.29) is 5.82 Å². The van der Waals surface area contributed by atoms with Crippen molar-refractivity contribution < 1.29 is 9.13 Å². The Hall–Kier alpha value is -2.11. The van der Waals surface area contributed by atoms with Crippen molar-refractivity contribution >= 4 is 11.4 Å². The fraction of sp³-hybridized carbons (Fsp3) is 0.400. The maximum atomic E-state index is 14.3. The molecule has 1 aliphatic rings. The molecule has 0 spiro atoms. The number of halogens is 1. The monoisotopic (exact) mass is 343 g/mol. The predicted molar refractivity (Wildman–Crippen MR) is 100 cm³/mol. The van der Waals surface area contributed by atoms with Gasteiger partial charge in [0.1, 0.15) is 6.61 Å². The summed E-state index contributed by atoms with van der Waals surface area (Å²) in [5.41, 5.74) is 4.02. The maximum Gasteiger partial charge on any atom is 0.167 e. The maximum absolute atomic E-state index is 14.3. The highest BCUT2D eigenvalue weighted by atomic mass is 19.1. The summed E-state index contributed by atoms with van der Waals surface area (Å²) < 4.78 is 20.0. The Bertz CT molecular complexity index is 694. The third kappa shape index (κ3) is 4.71. The van der Waals surface area contributed by atoms with Crippen LogP contribution in [0.5, 0.6) is 5.75 Å². The van der Waals surface area contributed by atoms with E-state index in [4.69, 9.17) is 4.74 Å². The lowest BCUT2D eigenvalue weighted by atomic mass is 10.1. The van der Waals surface area contributed by atoms with Crippen LogP contribution >= 0.6 is 0 Å².